The summed E-state index contributed by atoms with van der Waals surface area (Å²) in [5.41, 5.74) is 0. The Labute approximate surface area is 86.7 Å². The molecule has 0 saturated heterocycles. The minimum Gasteiger partial charge on any atom is -0.480 e. The second-order valence-electron chi connectivity index (χ2n) is 2.78. The van der Waals surface area contributed by atoms with Gasteiger partial charge in [0.15, 0.2) is 5.11 Å². The van der Waals surface area contributed by atoms with Gasteiger partial charge in [-0.1, -0.05) is 0 Å². The Balaban J connectivity index is 4.16. The lowest BCUT2D eigenvalue weighted by Gasteiger charge is -2.25. The number of hydrogen-bond acceptors (Lipinski definition) is 3. The zero-order valence-electron chi connectivity index (χ0n) is 7.93. The number of thiocarbonyl (C=S) groups is 1. The first-order chi connectivity index (χ1) is 6.34. The molecule has 6 nitrogen and oxygen atoms in total. The Morgan fingerprint density at radius 2 is 1.36 bits per heavy atom. The number of carbonyl (C=O) groups is 2. The summed E-state index contributed by atoms with van der Waals surface area (Å²) in [5, 5.41) is 17.1. The molecule has 0 aliphatic carbocycles. The van der Waals surface area contributed by atoms with Gasteiger partial charge in [-0.25, -0.2) is 0 Å². The quantitative estimate of drug-likeness (QED) is 0.606. The van der Waals surface area contributed by atoms with Gasteiger partial charge in [0.1, 0.15) is 13.1 Å². The molecule has 0 aromatic rings. The van der Waals surface area contributed by atoms with Crippen LogP contribution in [0.3, 0.4) is 0 Å². The van der Waals surface area contributed by atoms with Gasteiger partial charge in [-0.05, 0) is 12.2 Å². The molecule has 0 spiro atoms. The summed E-state index contributed by atoms with van der Waals surface area (Å²) < 4.78 is 0. The molecule has 2 N–H and O–H groups in total. The van der Waals surface area contributed by atoms with E-state index in [4.69, 9.17) is 22.4 Å². The van der Waals surface area contributed by atoms with Crippen LogP contribution in [-0.4, -0.2) is 64.2 Å². The van der Waals surface area contributed by atoms with Crippen LogP contribution in [0.4, 0.5) is 0 Å². The maximum atomic E-state index is 10.3. The van der Waals surface area contributed by atoms with Crippen molar-refractivity contribution in [1.29, 1.82) is 0 Å². The average molecular weight is 220 g/mol. The predicted octanol–water partition coefficient (Wildman–Crippen LogP) is -0.696. The smallest absolute Gasteiger partial charge is 0.323 e. The summed E-state index contributed by atoms with van der Waals surface area (Å²) in [6, 6.07) is 0. The normalized spacial score (nSPS) is 9.29. The molecule has 0 aliphatic rings. The highest BCUT2D eigenvalue weighted by Crippen LogP contribution is 1.94. The molecule has 0 fully saturated rings. The molecule has 0 saturated carbocycles. The van der Waals surface area contributed by atoms with Gasteiger partial charge < -0.3 is 20.0 Å². The van der Waals surface area contributed by atoms with Crippen LogP contribution < -0.4 is 0 Å². The van der Waals surface area contributed by atoms with Crippen LogP contribution in [0.1, 0.15) is 0 Å². The largest absolute Gasteiger partial charge is 0.480 e. The molecule has 0 aromatic heterocycles. The van der Waals surface area contributed by atoms with Crippen molar-refractivity contribution in [2.24, 2.45) is 0 Å². The van der Waals surface area contributed by atoms with Crippen LogP contribution in [0.5, 0.6) is 0 Å². The Bertz CT molecular complexity index is 232. The number of hydrogen-bond donors (Lipinski definition) is 2. The first-order valence-corrected chi connectivity index (χ1v) is 4.15. The van der Waals surface area contributed by atoms with E-state index in [-0.39, 0.29) is 18.2 Å². The molecule has 0 atom stereocenters. The third-order valence-corrected chi connectivity index (χ3v) is 2.02. The minimum absolute atomic E-state index is 0.190. The second-order valence-corrected chi connectivity index (χ2v) is 3.15. The Morgan fingerprint density at radius 3 is 1.57 bits per heavy atom. The fraction of sp³-hybridized carbons (Fsp3) is 0.571. The fourth-order valence-corrected chi connectivity index (χ4v) is 0.962. The van der Waals surface area contributed by atoms with E-state index in [0.29, 0.717) is 0 Å². The first kappa shape index (κ1) is 12.6. The number of likely N-dealkylation sites (N-methyl/N-ethyl adjacent to an activating group) is 2. The molecule has 0 radical (unpaired) electrons. The van der Waals surface area contributed by atoms with Crippen molar-refractivity contribution in [3.8, 4) is 0 Å². The van der Waals surface area contributed by atoms with Crippen molar-refractivity contribution >= 4 is 29.3 Å². The van der Waals surface area contributed by atoms with Crippen LogP contribution in [-0.2, 0) is 9.59 Å². The molecule has 0 rings (SSSR count). The summed E-state index contributed by atoms with van der Waals surface area (Å²) in [5.74, 6) is -2.03. The Hall–Kier alpha value is -1.37. The van der Waals surface area contributed by atoms with Gasteiger partial charge in [0, 0.05) is 14.1 Å². The second kappa shape index (κ2) is 5.38. The standard InChI is InChI=1S/C7H12N2O4S/c1-8(3-5(10)11)7(14)9(2)4-6(12)13/h3-4H2,1-2H3,(H,10,11)(H,12,13). The summed E-state index contributed by atoms with van der Waals surface area (Å²) in [6.07, 6.45) is 0. The molecule has 0 amide bonds. The molecule has 0 aromatic carbocycles. The summed E-state index contributed by atoms with van der Waals surface area (Å²) in [6.45, 7) is -0.494. The van der Waals surface area contributed by atoms with Crippen molar-refractivity contribution in [1.82, 2.24) is 9.80 Å². The van der Waals surface area contributed by atoms with Gasteiger partial charge >= 0.3 is 11.9 Å². The SMILES string of the molecule is CN(CC(=O)O)C(=S)N(C)CC(=O)O. The summed E-state index contributed by atoms with van der Waals surface area (Å²) in [4.78, 5) is 23.2. The lowest BCUT2D eigenvalue weighted by atomic mass is 10.5. The molecular weight excluding hydrogens is 208 g/mol. The monoisotopic (exact) mass is 220 g/mol. The topological polar surface area (TPSA) is 81.1 Å². The number of aliphatic carboxylic acids is 2. The van der Waals surface area contributed by atoms with Crippen LogP contribution >= 0.6 is 12.2 Å². The van der Waals surface area contributed by atoms with E-state index < -0.39 is 11.9 Å². The van der Waals surface area contributed by atoms with E-state index in [1.54, 1.807) is 0 Å². The van der Waals surface area contributed by atoms with E-state index in [0.717, 1.165) is 0 Å². The average Bonchev–Trinajstić information content (AvgIpc) is 2.00. The zero-order chi connectivity index (χ0) is 11.3. The van der Waals surface area contributed by atoms with Gasteiger partial charge in [0.05, 0.1) is 0 Å². The highest BCUT2D eigenvalue weighted by Gasteiger charge is 2.14. The third kappa shape index (κ3) is 4.61. The zero-order valence-corrected chi connectivity index (χ0v) is 8.74. The van der Waals surface area contributed by atoms with E-state index in [9.17, 15) is 9.59 Å². The number of carboxylic acids is 2. The van der Waals surface area contributed by atoms with E-state index in [1.165, 1.54) is 23.9 Å². The molecule has 0 aliphatic heterocycles. The van der Waals surface area contributed by atoms with Gasteiger partial charge in [-0.3, -0.25) is 9.59 Å². The lowest BCUT2D eigenvalue weighted by Crippen LogP contribution is -2.42. The fourth-order valence-electron chi connectivity index (χ4n) is 0.832. The van der Waals surface area contributed by atoms with Gasteiger partial charge in [0.2, 0.25) is 0 Å². The molecular formula is C7H12N2O4S. The van der Waals surface area contributed by atoms with Crippen molar-refractivity contribution in [3.05, 3.63) is 0 Å². The van der Waals surface area contributed by atoms with E-state index in [2.05, 4.69) is 0 Å². The number of carboxylic acid groups (broad SMARTS) is 2. The van der Waals surface area contributed by atoms with Gasteiger partial charge in [0.25, 0.3) is 0 Å². The highest BCUT2D eigenvalue weighted by atomic mass is 32.1. The van der Waals surface area contributed by atoms with Crippen LogP contribution in [0.25, 0.3) is 0 Å². The molecule has 0 bridgehead atoms. The number of rotatable bonds is 4. The molecule has 0 heterocycles. The molecule has 7 heteroatoms. The summed E-state index contributed by atoms with van der Waals surface area (Å²) >= 11 is 4.86. The van der Waals surface area contributed by atoms with Gasteiger partial charge in [-0.15, -0.1) is 0 Å². The maximum Gasteiger partial charge on any atom is 0.323 e. The van der Waals surface area contributed by atoms with Crippen LogP contribution in [0, 0.1) is 0 Å². The number of nitrogens with zero attached hydrogens (tertiary/aromatic N) is 2. The van der Waals surface area contributed by atoms with Crippen molar-refractivity contribution in [2.75, 3.05) is 27.2 Å². The highest BCUT2D eigenvalue weighted by molar-refractivity contribution is 7.80. The Kier molecular flexibility index (Phi) is 4.85. The molecule has 0 unspecified atom stereocenters. The van der Waals surface area contributed by atoms with Crippen molar-refractivity contribution < 1.29 is 19.8 Å². The molecule has 14 heavy (non-hydrogen) atoms. The first-order valence-electron chi connectivity index (χ1n) is 3.74. The minimum atomic E-state index is -1.02. The van der Waals surface area contributed by atoms with Crippen molar-refractivity contribution in [2.45, 2.75) is 0 Å². The van der Waals surface area contributed by atoms with Crippen LogP contribution in [0.2, 0.25) is 0 Å². The molecule has 80 valence electrons. The summed E-state index contributed by atoms with van der Waals surface area (Å²) in [7, 11) is 2.99. The lowest BCUT2D eigenvalue weighted by molar-refractivity contribution is -0.137. The van der Waals surface area contributed by atoms with E-state index in [1.807, 2.05) is 0 Å². The van der Waals surface area contributed by atoms with Crippen molar-refractivity contribution in [3.63, 3.8) is 0 Å². The van der Waals surface area contributed by atoms with E-state index >= 15 is 0 Å². The Morgan fingerprint density at radius 1 is 1.07 bits per heavy atom. The van der Waals surface area contributed by atoms with Gasteiger partial charge in [-0.2, -0.15) is 0 Å². The van der Waals surface area contributed by atoms with Crippen LogP contribution in [0.15, 0.2) is 0 Å². The maximum absolute atomic E-state index is 10.3. The third-order valence-electron chi connectivity index (χ3n) is 1.40. The predicted molar refractivity (Wildman–Crippen MR) is 53.1 cm³/mol.